The maximum Gasteiger partial charge on any atom is 0.333 e. The van der Waals surface area contributed by atoms with Crippen molar-refractivity contribution in [2.75, 3.05) is 0 Å². The Morgan fingerprint density at radius 1 is 0.962 bits per heavy atom. The first-order chi connectivity index (χ1) is 12.6. The van der Waals surface area contributed by atoms with Gasteiger partial charge in [0, 0.05) is 11.1 Å². The number of ether oxygens (including phenoxy) is 1. The van der Waals surface area contributed by atoms with E-state index in [2.05, 4.69) is 68.1 Å². The van der Waals surface area contributed by atoms with E-state index < -0.39 is 0 Å². The molecule has 0 N–H and O–H groups in total. The van der Waals surface area contributed by atoms with Crippen LogP contribution in [0.5, 0.6) is 0 Å². The van der Waals surface area contributed by atoms with Gasteiger partial charge in [-0.1, -0.05) is 74.5 Å². The van der Waals surface area contributed by atoms with Gasteiger partial charge in [-0.3, -0.25) is 0 Å². The topological polar surface area (TPSA) is 26.3 Å². The molecule has 0 heterocycles. The lowest BCUT2D eigenvalue weighted by atomic mass is 9.89. The Morgan fingerprint density at radius 2 is 1.58 bits per heavy atom. The van der Waals surface area contributed by atoms with Crippen LogP contribution in [-0.4, -0.2) is 5.97 Å². The molecular formula is C24H22O2. The van der Waals surface area contributed by atoms with Crippen LogP contribution in [0.15, 0.2) is 66.7 Å². The van der Waals surface area contributed by atoms with Crippen molar-refractivity contribution < 1.29 is 9.53 Å². The molecule has 0 aromatic heterocycles. The van der Waals surface area contributed by atoms with Crippen LogP contribution in [0.4, 0.5) is 0 Å². The Kier molecular flexibility index (Phi) is 4.12. The van der Waals surface area contributed by atoms with Gasteiger partial charge in [-0.15, -0.1) is 0 Å². The molecule has 4 rings (SSSR count). The molecule has 0 aliphatic rings. The van der Waals surface area contributed by atoms with Gasteiger partial charge in [-0.05, 0) is 45.7 Å². The molecule has 0 fully saturated rings. The van der Waals surface area contributed by atoms with Crippen LogP contribution in [-0.2, 0) is 9.53 Å². The standard InChI is InChI=1S/C24H22O2/c1-4-6-21(26-24(25)15(2)3)19-13-11-18-10-9-16-7-5-8-17-12-14-20(19)23(18)22(16)17/h5,7-14,21H,2,4,6H2,1,3H3. The summed E-state index contributed by atoms with van der Waals surface area (Å²) in [7, 11) is 0. The molecule has 2 nitrogen and oxygen atoms in total. The molecular weight excluding hydrogens is 320 g/mol. The molecule has 1 atom stereocenters. The average Bonchev–Trinajstić information content (AvgIpc) is 2.65. The minimum atomic E-state index is -0.325. The maximum atomic E-state index is 12.1. The van der Waals surface area contributed by atoms with E-state index in [1.165, 1.54) is 32.3 Å². The van der Waals surface area contributed by atoms with Gasteiger partial charge in [0.05, 0.1) is 0 Å². The summed E-state index contributed by atoms with van der Waals surface area (Å²) < 4.78 is 5.79. The van der Waals surface area contributed by atoms with E-state index in [0.717, 1.165) is 18.4 Å². The van der Waals surface area contributed by atoms with Crippen LogP contribution in [0.3, 0.4) is 0 Å². The van der Waals surface area contributed by atoms with Gasteiger partial charge in [0.2, 0.25) is 0 Å². The predicted octanol–water partition coefficient (Wildman–Crippen LogP) is 6.54. The predicted molar refractivity (Wildman–Crippen MR) is 109 cm³/mol. The Bertz CT molecular complexity index is 1110. The molecule has 0 aliphatic heterocycles. The zero-order valence-electron chi connectivity index (χ0n) is 15.2. The van der Waals surface area contributed by atoms with Gasteiger partial charge in [0.25, 0.3) is 0 Å². The fourth-order valence-corrected chi connectivity index (χ4v) is 3.81. The van der Waals surface area contributed by atoms with Crippen LogP contribution >= 0.6 is 0 Å². The number of hydrogen-bond donors (Lipinski definition) is 0. The number of benzene rings is 4. The molecule has 1 unspecified atom stereocenters. The van der Waals surface area contributed by atoms with Crippen molar-refractivity contribution in [3.05, 3.63) is 72.3 Å². The number of esters is 1. The van der Waals surface area contributed by atoms with Crippen molar-refractivity contribution in [1.29, 1.82) is 0 Å². The van der Waals surface area contributed by atoms with Gasteiger partial charge in [0.1, 0.15) is 6.10 Å². The van der Waals surface area contributed by atoms with E-state index in [9.17, 15) is 4.79 Å². The molecule has 0 spiro atoms. The summed E-state index contributed by atoms with van der Waals surface area (Å²) in [6.45, 7) is 7.51. The van der Waals surface area contributed by atoms with E-state index in [1.54, 1.807) is 6.92 Å². The molecule has 130 valence electrons. The number of rotatable bonds is 5. The molecule has 0 aliphatic carbocycles. The second-order valence-electron chi connectivity index (χ2n) is 6.97. The molecule has 0 saturated carbocycles. The third-order valence-corrected chi connectivity index (χ3v) is 5.06. The fourth-order valence-electron chi connectivity index (χ4n) is 3.81. The molecule has 0 bridgehead atoms. The van der Waals surface area contributed by atoms with E-state index in [-0.39, 0.29) is 12.1 Å². The molecule has 0 saturated heterocycles. The van der Waals surface area contributed by atoms with Gasteiger partial charge in [-0.25, -0.2) is 4.79 Å². The highest BCUT2D eigenvalue weighted by Crippen LogP contribution is 2.39. The highest BCUT2D eigenvalue weighted by molar-refractivity contribution is 6.23. The SMILES string of the molecule is C=C(C)C(=O)OC(CCC)c1ccc2ccc3cccc4ccc1c2c34. The molecule has 2 heteroatoms. The largest absolute Gasteiger partial charge is 0.454 e. The summed E-state index contributed by atoms with van der Waals surface area (Å²) in [6.07, 6.45) is 1.48. The van der Waals surface area contributed by atoms with Gasteiger partial charge in [0.15, 0.2) is 0 Å². The second kappa shape index (κ2) is 6.45. The minimum absolute atomic E-state index is 0.256. The van der Waals surface area contributed by atoms with Crippen LogP contribution in [0.1, 0.15) is 38.4 Å². The van der Waals surface area contributed by atoms with E-state index >= 15 is 0 Å². The Hall–Kier alpha value is -2.87. The van der Waals surface area contributed by atoms with Crippen LogP contribution in [0.25, 0.3) is 32.3 Å². The normalized spacial score (nSPS) is 12.7. The van der Waals surface area contributed by atoms with Crippen LogP contribution in [0.2, 0.25) is 0 Å². The van der Waals surface area contributed by atoms with Crippen LogP contribution in [0, 0.1) is 0 Å². The summed E-state index contributed by atoms with van der Waals surface area (Å²) in [4.78, 5) is 12.1. The van der Waals surface area contributed by atoms with Gasteiger partial charge in [-0.2, -0.15) is 0 Å². The van der Waals surface area contributed by atoms with Crippen molar-refractivity contribution in [2.45, 2.75) is 32.8 Å². The Morgan fingerprint density at radius 3 is 2.23 bits per heavy atom. The van der Waals surface area contributed by atoms with Crippen LogP contribution < -0.4 is 0 Å². The molecule has 26 heavy (non-hydrogen) atoms. The Labute approximate surface area is 153 Å². The lowest BCUT2D eigenvalue weighted by molar-refractivity contribution is -0.144. The van der Waals surface area contributed by atoms with Gasteiger partial charge < -0.3 is 4.74 Å². The molecule has 0 amide bonds. The van der Waals surface area contributed by atoms with Crippen molar-refractivity contribution in [1.82, 2.24) is 0 Å². The third-order valence-electron chi connectivity index (χ3n) is 5.06. The summed E-state index contributed by atoms with van der Waals surface area (Å²) in [5, 5.41) is 7.40. The molecule has 4 aromatic carbocycles. The highest BCUT2D eigenvalue weighted by atomic mass is 16.5. The van der Waals surface area contributed by atoms with Crippen molar-refractivity contribution in [2.24, 2.45) is 0 Å². The molecule has 4 aromatic rings. The van der Waals surface area contributed by atoms with Gasteiger partial charge >= 0.3 is 5.97 Å². The lowest BCUT2D eigenvalue weighted by Gasteiger charge is -2.21. The van der Waals surface area contributed by atoms with E-state index in [1.807, 2.05) is 0 Å². The summed E-state index contributed by atoms with van der Waals surface area (Å²) in [5.74, 6) is -0.325. The van der Waals surface area contributed by atoms with E-state index in [0.29, 0.717) is 5.57 Å². The first-order valence-electron chi connectivity index (χ1n) is 9.13. The zero-order valence-corrected chi connectivity index (χ0v) is 15.2. The number of carbonyl (C=O) groups is 1. The number of carbonyl (C=O) groups excluding carboxylic acids is 1. The first kappa shape index (κ1) is 16.6. The smallest absolute Gasteiger partial charge is 0.333 e. The highest BCUT2D eigenvalue weighted by Gasteiger charge is 2.20. The Balaban J connectivity index is 1.96. The number of hydrogen-bond acceptors (Lipinski definition) is 2. The summed E-state index contributed by atoms with van der Waals surface area (Å²) >= 11 is 0. The lowest BCUT2D eigenvalue weighted by Crippen LogP contribution is -2.12. The van der Waals surface area contributed by atoms with Crippen molar-refractivity contribution in [3.8, 4) is 0 Å². The summed E-state index contributed by atoms with van der Waals surface area (Å²) in [5.41, 5.74) is 1.51. The average molecular weight is 342 g/mol. The summed E-state index contributed by atoms with van der Waals surface area (Å²) in [6, 6.07) is 19.3. The maximum absolute atomic E-state index is 12.1. The monoisotopic (exact) mass is 342 g/mol. The molecule has 0 radical (unpaired) electrons. The quantitative estimate of drug-likeness (QED) is 0.234. The van der Waals surface area contributed by atoms with E-state index in [4.69, 9.17) is 4.74 Å². The fraction of sp³-hybridized carbons (Fsp3) is 0.208. The van der Waals surface area contributed by atoms with Crippen molar-refractivity contribution >= 4 is 38.3 Å². The zero-order chi connectivity index (χ0) is 18.3. The van der Waals surface area contributed by atoms with Crippen molar-refractivity contribution in [3.63, 3.8) is 0 Å². The third kappa shape index (κ3) is 2.62. The first-order valence-corrected chi connectivity index (χ1v) is 9.13. The second-order valence-corrected chi connectivity index (χ2v) is 6.97. The minimum Gasteiger partial charge on any atom is -0.454 e.